The number of benzene rings is 3. The second-order valence-electron chi connectivity index (χ2n) is 11.2. The van der Waals surface area contributed by atoms with Crippen molar-refractivity contribution >= 4 is 21.8 Å². The molecule has 2 aliphatic heterocycles. The van der Waals surface area contributed by atoms with E-state index >= 15 is 0 Å². The highest BCUT2D eigenvalue weighted by Crippen LogP contribution is 2.42. The van der Waals surface area contributed by atoms with Gasteiger partial charge in [0, 0.05) is 68.0 Å². The summed E-state index contributed by atoms with van der Waals surface area (Å²) in [5.41, 5.74) is 1.74. The molecule has 1 saturated heterocycles. The van der Waals surface area contributed by atoms with Gasteiger partial charge in [0.1, 0.15) is 17.2 Å². The number of nitrogens with zero attached hydrogens (tertiary/aromatic N) is 2. The van der Waals surface area contributed by atoms with E-state index in [1.807, 2.05) is 12.1 Å². The van der Waals surface area contributed by atoms with Gasteiger partial charge in [0.25, 0.3) is 16.0 Å². The van der Waals surface area contributed by atoms with Crippen LogP contribution < -0.4 is 28.4 Å². The molecular weight excluding hydrogens is 664 g/mol. The molecular formula is C33H40N2O13S. The van der Waals surface area contributed by atoms with Crippen LogP contribution in [0.2, 0.25) is 0 Å². The van der Waals surface area contributed by atoms with Crippen molar-refractivity contribution in [2.24, 2.45) is 0 Å². The molecule has 3 aromatic rings. The lowest BCUT2D eigenvalue weighted by atomic mass is 9.95. The molecule has 1 unspecified atom stereocenters. The number of hydrogen-bond donors (Lipinski definition) is 3. The maximum Gasteiger partial charge on any atom is 0.261 e. The fourth-order valence-corrected chi connectivity index (χ4v) is 5.48. The SMILES string of the molecule is COc1ccc(C2Oc3cc(OCC(=O)N4CCN(Cc5ccc(OC)c(OC)c5OC)CC4)cc(O)c3CC2=O)cc1O.CS(=O)(=O)O. The van der Waals surface area contributed by atoms with E-state index in [0.29, 0.717) is 67.4 Å². The zero-order chi connectivity index (χ0) is 35.9. The zero-order valence-corrected chi connectivity index (χ0v) is 28.6. The highest BCUT2D eigenvalue weighted by Gasteiger charge is 2.32. The summed E-state index contributed by atoms with van der Waals surface area (Å²) in [6, 6.07) is 11.3. The van der Waals surface area contributed by atoms with Crippen LogP contribution in [0.25, 0.3) is 0 Å². The number of ether oxygens (including phenoxy) is 6. The zero-order valence-electron chi connectivity index (χ0n) is 27.8. The van der Waals surface area contributed by atoms with Crippen LogP contribution in [0.1, 0.15) is 22.8 Å². The smallest absolute Gasteiger partial charge is 0.261 e. The Morgan fingerprint density at radius 2 is 1.51 bits per heavy atom. The van der Waals surface area contributed by atoms with Crippen molar-refractivity contribution < 1.29 is 61.2 Å². The minimum absolute atomic E-state index is 0.0582. The first-order chi connectivity index (χ1) is 23.3. The first-order valence-electron chi connectivity index (χ1n) is 15.0. The minimum Gasteiger partial charge on any atom is -0.507 e. The molecule has 3 aromatic carbocycles. The van der Waals surface area contributed by atoms with Crippen molar-refractivity contribution in [3.05, 3.63) is 59.2 Å². The van der Waals surface area contributed by atoms with Crippen molar-refractivity contribution in [1.29, 1.82) is 0 Å². The molecule has 1 amide bonds. The van der Waals surface area contributed by atoms with E-state index in [0.717, 1.165) is 5.56 Å². The van der Waals surface area contributed by atoms with E-state index in [2.05, 4.69) is 4.90 Å². The number of phenolic OH excluding ortho intramolecular Hbond substituents is 2. The Bertz CT molecular complexity index is 1760. The molecule has 0 aromatic heterocycles. The maximum absolute atomic E-state index is 13.0. The highest BCUT2D eigenvalue weighted by atomic mass is 32.2. The van der Waals surface area contributed by atoms with Crippen molar-refractivity contribution in [1.82, 2.24) is 9.80 Å². The van der Waals surface area contributed by atoms with E-state index in [1.165, 1.54) is 19.2 Å². The van der Waals surface area contributed by atoms with Gasteiger partial charge in [-0.2, -0.15) is 8.42 Å². The Morgan fingerprint density at radius 1 is 0.878 bits per heavy atom. The number of amides is 1. The molecule has 16 heteroatoms. The molecule has 2 heterocycles. The highest BCUT2D eigenvalue weighted by molar-refractivity contribution is 7.85. The van der Waals surface area contributed by atoms with Crippen LogP contribution in [0, 0.1) is 0 Å². The van der Waals surface area contributed by atoms with Crippen molar-refractivity contribution in [2.75, 3.05) is 67.5 Å². The Hall–Kier alpha value is -4.93. The Morgan fingerprint density at radius 3 is 2.10 bits per heavy atom. The number of hydrogen-bond acceptors (Lipinski definition) is 13. The second kappa shape index (κ2) is 16.0. The normalized spacial score (nSPS) is 16.0. The number of Topliss-reactive ketones (excluding diaryl/α,β-unsaturated/α-hetero) is 1. The quantitative estimate of drug-likeness (QED) is 0.261. The van der Waals surface area contributed by atoms with Crippen LogP contribution >= 0.6 is 0 Å². The molecule has 1 atom stereocenters. The predicted molar refractivity (Wildman–Crippen MR) is 176 cm³/mol. The molecule has 0 saturated carbocycles. The first-order valence-corrected chi connectivity index (χ1v) is 16.9. The summed E-state index contributed by atoms with van der Waals surface area (Å²) < 4.78 is 59.1. The summed E-state index contributed by atoms with van der Waals surface area (Å²) in [6.07, 6.45) is -0.324. The summed E-state index contributed by atoms with van der Waals surface area (Å²) in [5, 5.41) is 20.8. The number of rotatable bonds is 10. The van der Waals surface area contributed by atoms with Crippen molar-refractivity contribution in [3.63, 3.8) is 0 Å². The van der Waals surface area contributed by atoms with Crippen molar-refractivity contribution in [2.45, 2.75) is 19.1 Å². The predicted octanol–water partition coefficient (Wildman–Crippen LogP) is 2.60. The fourth-order valence-electron chi connectivity index (χ4n) is 5.48. The summed E-state index contributed by atoms with van der Waals surface area (Å²) in [5.74, 6) is 1.79. The third-order valence-corrected chi connectivity index (χ3v) is 7.82. The van der Waals surface area contributed by atoms with Crippen LogP contribution in [0.4, 0.5) is 0 Å². The number of carbonyl (C=O) groups is 2. The second-order valence-corrected chi connectivity index (χ2v) is 12.6. The van der Waals surface area contributed by atoms with Gasteiger partial charge >= 0.3 is 0 Å². The Balaban J connectivity index is 0.00000101. The van der Waals surface area contributed by atoms with E-state index in [4.69, 9.17) is 33.0 Å². The number of methoxy groups -OCH3 is 4. The molecule has 1 fully saturated rings. The van der Waals surface area contributed by atoms with Gasteiger partial charge in [-0.25, -0.2) is 0 Å². The van der Waals surface area contributed by atoms with Crippen molar-refractivity contribution in [3.8, 4) is 46.0 Å². The summed E-state index contributed by atoms with van der Waals surface area (Å²) in [4.78, 5) is 29.8. The lowest BCUT2D eigenvalue weighted by molar-refractivity contribution is -0.135. The molecule has 49 heavy (non-hydrogen) atoms. The van der Waals surface area contributed by atoms with Gasteiger partial charge in [-0.3, -0.25) is 19.0 Å². The van der Waals surface area contributed by atoms with Crippen LogP contribution in [-0.4, -0.2) is 112 Å². The van der Waals surface area contributed by atoms with Crippen LogP contribution in [0.3, 0.4) is 0 Å². The summed E-state index contributed by atoms with van der Waals surface area (Å²) in [6.45, 7) is 2.76. The standard InChI is InChI=1S/C32H36N2O10.CH4O3S/c1-39-26-7-5-19(13-24(26)36)30-25(37)16-22-23(35)14-21(15-28(22)44-30)43-18-29(38)34-11-9-33(10-12-34)17-20-6-8-27(40-2)32(42-4)31(20)41-3;1-5(2,3)4/h5-8,13-15,30,35-36H,9-12,16-18H2,1-4H3;1H3,(H,2,3,4). The van der Waals surface area contributed by atoms with E-state index in [1.54, 1.807) is 44.4 Å². The third-order valence-electron chi connectivity index (χ3n) is 7.82. The minimum atomic E-state index is -3.67. The van der Waals surface area contributed by atoms with Gasteiger partial charge in [-0.05, 0) is 18.2 Å². The number of piperazine rings is 1. The molecule has 15 nitrogen and oxygen atoms in total. The first kappa shape index (κ1) is 36.9. The molecule has 266 valence electrons. The van der Waals surface area contributed by atoms with Gasteiger partial charge in [0.15, 0.2) is 41.5 Å². The van der Waals surface area contributed by atoms with Gasteiger partial charge in [-0.1, -0.05) is 12.1 Å². The summed E-state index contributed by atoms with van der Waals surface area (Å²) >= 11 is 0. The Labute approximate surface area is 284 Å². The molecule has 0 spiro atoms. The number of carbonyl (C=O) groups excluding carboxylic acids is 2. The molecule has 0 radical (unpaired) electrons. The van der Waals surface area contributed by atoms with Gasteiger partial charge < -0.3 is 43.5 Å². The number of aromatic hydroxyl groups is 2. The van der Waals surface area contributed by atoms with Crippen LogP contribution in [0.15, 0.2) is 42.5 Å². The molecule has 0 bridgehead atoms. The van der Waals surface area contributed by atoms with Gasteiger partial charge in [-0.15, -0.1) is 0 Å². The monoisotopic (exact) mass is 704 g/mol. The van der Waals surface area contributed by atoms with E-state index in [9.17, 15) is 28.2 Å². The number of ketones is 1. The number of phenols is 2. The maximum atomic E-state index is 13.0. The lowest BCUT2D eigenvalue weighted by Gasteiger charge is -2.35. The topological polar surface area (TPSA) is 191 Å². The lowest BCUT2D eigenvalue weighted by Crippen LogP contribution is -2.49. The van der Waals surface area contributed by atoms with Gasteiger partial charge in [0.05, 0.1) is 34.7 Å². The Kier molecular flexibility index (Phi) is 12.0. The molecule has 2 aliphatic rings. The van der Waals surface area contributed by atoms with E-state index < -0.39 is 16.2 Å². The largest absolute Gasteiger partial charge is 0.507 e. The van der Waals surface area contributed by atoms with Crippen LogP contribution in [-0.2, 0) is 32.7 Å². The van der Waals surface area contributed by atoms with Gasteiger partial charge in [0.2, 0.25) is 5.75 Å². The fraction of sp³-hybridized carbons (Fsp3) is 0.394. The summed E-state index contributed by atoms with van der Waals surface area (Å²) in [7, 11) is 2.51. The molecule has 0 aliphatic carbocycles. The van der Waals surface area contributed by atoms with E-state index in [-0.39, 0.29) is 53.5 Å². The average Bonchev–Trinajstić information content (AvgIpc) is 3.06. The molecule has 5 rings (SSSR count). The number of fused-ring (bicyclic) bond motifs is 1. The van der Waals surface area contributed by atoms with Crippen LogP contribution in [0.5, 0.6) is 46.0 Å². The molecule has 3 N–H and O–H groups in total. The average molecular weight is 705 g/mol. The third kappa shape index (κ3) is 9.37.